The molecular weight excluding hydrogens is 292 g/mol. The summed E-state index contributed by atoms with van der Waals surface area (Å²) in [6, 6.07) is 7.30. The van der Waals surface area contributed by atoms with Gasteiger partial charge in [-0.15, -0.1) is 5.10 Å². The van der Waals surface area contributed by atoms with Gasteiger partial charge >= 0.3 is 0 Å². The lowest BCUT2D eigenvalue weighted by Crippen LogP contribution is -2.45. The van der Waals surface area contributed by atoms with Crippen molar-refractivity contribution in [2.24, 2.45) is 0 Å². The highest BCUT2D eigenvalue weighted by Crippen LogP contribution is 2.17. The van der Waals surface area contributed by atoms with Crippen molar-refractivity contribution in [1.82, 2.24) is 20.1 Å². The summed E-state index contributed by atoms with van der Waals surface area (Å²) in [6.07, 6.45) is 1.60. The van der Waals surface area contributed by atoms with Crippen molar-refractivity contribution < 1.29 is 4.79 Å². The first kappa shape index (κ1) is 15.4. The molecule has 2 heterocycles. The number of nitrogens with one attached hydrogen (secondary N) is 1. The molecule has 0 bridgehead atoms. The molecule has 1 aliphatic heterocycles. The molecule has 1 fully saturated rings. The largest absolute Gasteiger partial charge is 0.339 e. The van der Waals surface area contributed by atoms with Gasteiger partial charge in [0.15, 0.2) is 11.6 Å². The van der Waals surface area contributed by atoms with Crippen LogP contribution < -0.4 is 10.2 Å². The summed E-state index contributed by atoms with van der Waals surface area (Å²) in [7, 11) is 2.11. The number of rotatable bonds is 4. The lowest BCUT2D eigenvalue weighted by Gasteiger charge is -2.32. The molecule has 1 N–H and O–H groups in total. The predicted molar refractivity (Wildman–Crippen MR) is 89.3 cm³/mol. The number of benzene rings is 1. The van der Waals surface area contributed by atoms with E-state index >= 15 is 0 Å². The van der Waals surface area contributed by atoms with Gasteiger partial charge in [0, 0.05) is 37.4 Å². The highest BCUT2D eigenvalue weighted by atomic mass is 16.1. The van der Waals surface area contributed by atoms with Gasteiger partial charge in [-0.25, -0.2) is 0 Å². The lowest BCUT2D eigenvalue weighted by molar-refractivity contribution is 0.101. The van der Waals surface area contributed by atoms with E-state index in [1.54, 1.807) is 25.3 Å². The summed E-state index contributed by atoms with van der Waals surface area (Å²) in [6.45, 7) is 5.34. The third kappa shape index (κ3) is 3.81. The molecule has 1 saturated heterocycles. The average molecular weight is 312 g/mol. The molecule has 0 saturated carbocycles. The van der Waals surface area contributed by atoms with Gasteiger partial charge in [0.1, 0.15) is 0 Å². The molecule has 0 unspecified atom stereocenters. The zero-order valence-corrected chi connectivity index (χ0v) is 13.4. The van der Waals surface area contributed by atoms with Gasteiger partial charge in [-0.1, -0.05) is 0 Å². The molecule has 23 heavy (non-hydrogen) atoms. The topological polar surface area (TPSA) is 74.2 Å². The molecule has 1 aromatic carbocycles. The summed E-state index contributed by atoms with van der Waals surface area (Å²) < 4.78 is 0. The standard InChI is InChI=1S/C16H20N6O/c1-12(23)13-3-5-14(6-4-13)18-15-11-17-20-16(19-15)22-9-7-21(2)8-10-22/h3-6,11H,7-10H2,1-2H3,(H,18,19,20). The first-order valence-electron chi connectivity index (χ1n) is 7.63. The van der Waals surface area contributed by atoms with Gasteiger partial charge in [-0.05, 0) is 38.2 Å². The van der Waals surface area contributed by atoms with E-state index < -0.39 is 0 Å². The van der Waals surface area contributed by atoms with Crippen molar-refractivity contribution in [2.45, 2.75) is 6.92 Å². The van der Waals surface area contributed by atoms with Crippen molar-refractivity contribution >= 4 is 23.2 Å². The molecule has 0 amide bonds. The van der Waals surface area contributed by atoms with Gasteiger partial charge < -0.3 is 15.1 Å². The molecular formula is C16H20N6O. The molecule has 120 valence electrons. The monoisotopic (exact) mass is 312 g/mol. The van der Waals surface area contributed by atoms with E-state index in [-0.39, 0.29) is 5.78 Å². The number of hydrogen-bond acceptors (Lipinski definition) is 7. The second-order valence-corrected chi connectivity index (χ2v) is 5.69. The van der Waals surface area contributed by atoms with E-state index in [2.05, 4.69) is 37.3 Å². The normalized spacial score (nSPS) is 15.5. The van der Waals surface area contributed by atoms with E-state index in [0.29, 0.717) is 17.3 Å². The van der Waals surface area contributed by atoms with Gasteiger partial charge in [0.05, 0.1) is 6.20 Å². The second-order valence-electron chi connectivity index (χ2n) is 5.69. The number of Topliss-reactive ketones (excluding diaryl/α,β-unsaturated/α-hetero) is 1. The summed E-state index contributed by atoms with van der Waals surface area (Å²) in [4.78, 5) is 20.2. The number of carbonyl (C=O) groups excluding carboxylic acids is 1. The molecule has 1 aliphatic rings. The van der Waals surface area contributed by atoms with Crippen molar-refractivity contribution in [3.63, 3.8) is 0 Å². The number of nitrogens with zero attached hydrogens (tertiary/aromatic N) is 5. The van der Waals surface area contributed by atoms with Gasteiger partial charge in [-0.3, -0.25) is 4.79 Å². The fraction of sp³-hybridized carbons (Fsp3) is 0.375. The number of aromatic nitrogens is 3. The zero-order chi connectivity index (χ0) is 16.2. The van der Waals surface area contributed by atoms with Crippen LogP contribution in [0.2, 0.25) is 0 Å². The highest BCUT2D eigenvalue weighted by Gasteiger charge is 2.17. The minimum Gasteiger partial charge on any atom is -0.339 e. The van der Waals surface area contributed by atoms with Crippen LogP contribution >= 0.6 is 0 Å². The van der Waals surface area contributed by atoms with E-state index in [1.165, 1.54) is 0 Å². The smallest absolute Gasteiger partial charge is 0.247 e. The number of hydrogen-bond donors (Lipinski definition) is 1. The van der Waals surface area contributed by atoms with Crippen LogP contribution in [0.1, 0.15) is 17.3 Å². The number of ketones is 1. The Hall–Kier alpha value is -2.54. The van der Waals surface area contributed by atoms with Gasteiger partial charge in [0.25, 0.3) is 0 Å². The lowest BCUT2D eigenvalue weighted by atomic mass is 10.1. The number of likely N-dealkylation sites (N-methyl/N-ethyl adjacent to an activating group) is 1. The van der Waals surface area contributed by atoms with Crippen LogP contribution in [-0.4, -0.2) is 59.1 Å². The highest BCUT2D eigenvalue weighted by molar-refractivity contribution is 5.94. The predicted octanol–water partition coefficient (Wildman–Crippen LogP) is 1.57. The van der Waals surface area contributed by atoms with Crippen LogP contribution in [0.25, 0.3) is 0 Å². The summed E-state index contributed by atoms with van der Waals surface area (Å²) >= 11 is 0. The zero-order valence-electron chi connectivity index (χ0n) is 13.4. The fourth-order valence-corrected chi connectivity index (χ4v) is 2.43. The number of anilines is 3. The Morgan fingerprint density at radius 2 is 1.83 bits per heavy atom. The summed E-state index contributed by atoms with van der Waals surface area (Å²) in [5.41, 5.74) is 1.55. The van der Waals surface area contributed by atoms with Gasteiger partial charge in [-0.2, -0.15) is 10.1 Å². The third-order valence-electron chi connectivity index (χ3n) is 3.90. The summed E-state index contributed by atoms with van der Waals surface area (Å²) in [5.74, 6) is 1.34. The first-order valence-corrected chi connectivity index (χ1v) is 7.63. The first-order chi connectivity index (χ1) is 11.1. The van der Waals surface area contributed by atoms with Crippen LogP contribution in [0.15, 0.2) is 30.5 Å². The Morgan fingerprint density at radius 3 is 2.48 bits per heavy atom. The molecule has 2 aromatic rings. The maximum atomic E-state index is 11.3. The molecule has 0 radical (unpaired) electrons. The fourth-order valence-electron chi connectivity index (χ4n) is 2.43. The molecule has 3 rings (SSSR count). The van der Waals surface area contributed by atoms with Gasteiger partial charge in [0.2, 0.25) is 5.95 Å². The molecule has 0 atom stereocenters. The van der Waals surface area contributed by atoms with Crippen LogP contribution in [0, 0.1) is 0 Å². The minimum atomic E-state index is 0.0533. The molecule has 7 heteroatoms. The van der Waals surface area contributed by atoms with E-state index in [4.69, 9.17) is 0 Å². The average Bonchev–Trinajstić information content (AvgIpc) is 2.56. The molecule has 0 spiro atoms. The number of piperazine rings is 1. The summed E-state index contributed by atoms with van der Waals surface area (Å²) in [5, 5.41) is 11.4. The van der Waals surface area contributed by atoms with Crippen LogP contribution in [0.5, 0.6) is 0 Å². The van der Waals surface area contributed by atoms with Crippen LogP contribution in [0.3, 0.4) is 0 Å². The maximum Gasteiger partial charge on any atom is 0.247 e. The van der Waals surface area contributed by atoms with E-state index in [9.17, 15) is 4.79 Å². The quantitative estimate of drug-likeness (QED) is 0.859. The Bertz CT molecular complexity index is 679. The van der Waals surface area contributed by atoms with Crippen molar-refractivity contribution in [3.8, 4) is 0 Å². The second kappa shape index (κ2) is 6.70. The molecule has 0 aliphatic carbocycles. The Balaban J connectivity index is 1.71. The van der Waals surface area contributed by atoms with Crippen molar-refractivity contribution in [1.29, 1.82) is 0 Å². The van der Waals surface area contributed by atoms with E-state index in [1.807, 2.05) is 12.1 Å². The molecule has 1 aromatic heterocycles. The maximum absolute atomic E-state index is 11.3. The van der Waals surface area contributed by atoms with E-state index in [0.717, 1.165) is 31.9 Å². The SMILES string of the molecule is CC(=O)c1ccc(Nc2cnnc(N3CCN(C)CC3)n2)cc1. The van der Waals surface area contributed by atoms with Crippen molar-refractivity contribution in [2.75, 3.05) is 43.4 Å². The van der Waals surface area contributed by atoms with Crippen LogP contribution in [0.4, 0.5) is 17.5 Å². The third-order valence-corrected chi connectivity index (χ3v) is 3.90. The minimum absolute atomic E-state index is 0.0533. The van der Waals surface area contributed by atoms with Crippen LogP contribution in [-0.2, 0) is 0 Å². The Kier molecular flexibility index (Phi) is 4.47. The van der Waals surface area contributed by atoms with Crippen molar-refractivity contribution in [3.05, 3.63) is 36.0 Å². The molecule has 7 nitrogen and oxygen atoms in total. The Labute approximate surface area is 135 Å². The Morgan fingerprint density at radius 1 is 1.13 bits per heavy atom. The number of carbonyl (C=O) groups is 1.